The average molecular weight is 349 g/mol. The first-order valence-corrected chi connectivity index (χ1v) is 8.46. The molecular weight excluding hydrogens is 330 g/mol. The van der Waals surface area contributed by atoms with Crippen LogP contribution in [0.15, 0.2) is 30.5 Å². The lowest BCUT2D eigenvalue weighted by Crippen LogP contribution is -2.08. The van der Waals surface area contributed by atoms with Gasteiger partial charge in [-0.25, -0.2) is 9.78 Å². The molecule has 6 nitrogen and oxygen atoms in total. The predicted octanol–water partition coefficient (Wildman–Crippen LogP) is 3.25. The summed E-state index contributed by atoms with van der Waals surface area (Å²) in [6, 6.07) is 7.22. The predicted molar refractivity (Wildman–Crippen MR) is 87.7 cm³/mol. The fourth-order valence-corrected chi connectivity index (χ4v) is 3.24. The maximum Gasteiger partial charge on any atom is 0.338 e. The van der Waals surface area contributed by atoms with Gasteiger partial charge in [0, 0.05) is 13.3 Å². The average Bonchev–Trinajstić information content (AvgIpc) is 3.26. The number of hydrogen-bond acceptors (Lipinski definition) is 7. The van der Waals surface area contributed by atoms with Crippen molar-refractivity contribution in [2.45, 2.75) is 25.9 Å². The van der Waals surface area contributed by atoms with E-state index < -0.39 is 12.4 Å². The number of rotatable bonds is 6. The monoisotopic (exact) mass is 349 g/mol. The highest BCUT2D eigenvalue weighted by Gasteiger charge is 2.24. The molecule has 0 radical (unpaired) electrons. The third-order valence-electron chi connectivity index (χ3n) is 3.52. The third kappa shape index (κ3) is 3.99. The second-order valence-electron chi connectivity index (χ2n) is 5.36. The number of carbonyl (C=O) groups excluding carboxylic acids is 1. The Balaban J connectivity index is 1.64. The van der Waals surface area contributed by atoms with Crippen molar-refractivity contribution in [2.24, 2.45) is 0 Å². The van der Waals surface area contributed by atoms with Gasteiger partial charge in [-0.15, -0.1) is 11.3 Å². The molecular formula is C17H19NO5S. The number of nitrogens with zero attached hydrogens (tertiary/aromatic N) is 1. The maximum absolute atomic E-state index is 12.3. The van der Waals surface area contributed by atoms with Crippen molar-refractivity contribution in [2.75, 3.05) is 20.3 Å². The molecule has 3 rings (SSSR count). The number of carbonyl (C=O) groups is 1. The number of thiazole rings is 1. The van der Waals surface area contributed by atoms with Crippen LogP contribution >= 0.6 is 11.3 Å². The molecule has 1 aliphatic rings. The summed E-state index contributed by atoms with van der Waals surface area (Å²) in [7, 11) is 1.62. The van der Waals surface area contributed by atoms with E-state index in [2.05, 4.69) is 4.98 Å². The SMILES string of the molecule is COCc1cccc(C(=O)O[C@H](C)c2cnc(C3OCCO3)s2)c1. The highest BCUT2D eigenvalue weighted by Crippen LogP contribution is 2.31. The molecule has 0 unspecified atom stereocenters. The third-order valence-corrected chi connectivity index (χ3v) is 4.70. The van der Waals surface area contributed by atoms with E-state index in [1.165, 1.54) is 11.3 Å². The Labute approximate surface area is 144 Å². The molecule has 1 aromatic heterocycles. The van der Waals surface area contributed by atoms with Gasteiger partial charge in [-0.3, -0.25) is 0 Å². The standard InChI is InChI=1S/C17H19NO5S/c1-11(14-9-18-15(24-14)17-21-6-7-22-17)23-16(19)13-5-3-4-12(8-13)10-20-2/h3-5,8-9,11,17H,6-7,10H2,1-2H3/t11-/m1/s1. The zero-order chi connectivity index (χ0) is 16.9. The van der Waals surface area contributed by atoms with E-state index in [4.69, 9.17) is 18.9 Å². The van der Waals surface area contributed by atoms with Gasteiger partial charge in [0.05, 0.1) is 30.3 Å². The highest BCUT2D eigenvalue weighted by molar-refractivity contribution is 7.11. The molecule has 1 aromatic carbocycles. The molecule has 0 bridgehead atoms. The van der Waals surface area contributed by atoms with Crippen molar-refractivity contribution in [1.29, 1.82) is 0 Å². The van der Waals surface area contributed by atoms with E-state index in [1.807, 2.05) is 19.1 Å². The molecule has 1 atom stereocenters. The van der Waals surface area contributed by atoms with Gasteiger partial charge in [0.15, 0.2) is 0 Å². The summed E-state index contributed by atoms with van der Waals surface area (Å²) in [5.41, 5.74) is 1.43. The van der Waals surface area contributed by atoms with Crippen molar-refractivity contribution in [3.8, 4) is 0 Å². The fraction of sp³-hybridized carbons (Fsp3) is 0.412. The summed E-state index contributed by atoms with van der Waals surface area (Å²) in [5.74, 6) is -0.372. The summed E-state index contributed by atoms with van der Waals surface area (Å²) >= 11 is 1.43. The Hall–Kier alpha value is -1.80. The van der Waals surface area contributed by atoms with Crippen LogP contribution in [-0.2, 0) is 25.6 Å². The first-order chi connectivity index (χ1) is 11.7. The molecule has 2 heterocycles. The molecule has 128 valence electrons. The van der Waals surface area contributed by atoms with E-state index >= 15 is 0 Å². The fourth-order valence-electron chi connectivity index (χ4n) is 2.34. The van der Waals surface area contributed by atoms with Crippen LogP contribution in [0.1, 0.15) is 45.1 Å². The minimum Gasteiger partial charge on any atom is -0.453 e. The summed E-state index contributed by atoms with van der Waals surface area (Å²) in [5, 5.41) is 0.743. The van der Waals surface area contributed by atoms with Crippen LogP contribution in [-0.4, -0.2) is 31.3 Å². The van der Waals surface area contributed by atoms with Crippen molar-refractivity contribution < 1.29 is 23.7 Å². The first kappa shape index (κ1) is 17.0. The van der Waals surface area contributed by atoms with E-state index in [-0.39, 0.29) is 5.97 Å². The highest BCUT2D eigenvalue weighted by atomic mass is 32.1. The minimum absolute atomic E-state index is 0.372. The Morgan fingerprint density at radius 3 is 2.96 bits per heavy atom. The van der Waals surface area contributed by atoms with Gasteiger partial charge in [-0.2, -0.15) is 0 Å². The lowest BCUT2D eigenvalue weighted by atomic mass is 10.1. The smallest absolute Gasteiger partial charge is 0.338 e. The molecule has 0 N–H and O–H groups in total. The Kier molecular flexibility index (Phi) is 5.57. The number of hydrogen-bond donors (Lipinski definition) is 0. The second kappa shape index (κ2) is 7.85. The Morgan fingerprint density at radius 2 is 2.21 bits per heavy atom. The van der Waals surface area contributed by atoms with Crippen LogP contribution in [0, 0.1) is 0 Å². The van der Waals surface area contributed by atoms with Crippen molar-refractivity contribution >= 4 is 17.3 Å². The summed E-state index contributed by atoms with van der Waals surface area (Å²) in [6.45, 7) is 3.42. The minimum atomic E-state index is -0.405. The number of ether oxygens (including phenoxy) is 4. The van der Waals surface area contributed by atoms with Gasteiger partial charge in [0.1, 0.15) is 11.1 Å². The number of benzene rings is 1. The van der Waals surface area contributed by atoms with Gasteiger partial charge in [0.25, 0.3) is 0 Å². The van der Waals surface area contributed by atoms with Gasteiger partial charge < -0.3 is 18.9 Å². The largest absolute Gasteiger partial charge is 0.453 e. The lowest BCUT2D eigenvalue weighted by molar-refractivity contribution is -0.0442. The number of methoxy groups -OCH3 is 1. The molecule has 0 amide bonds. The summed E-state index contributed by atoms with van der Waals surface area (Å²) < 4.78 is 21.5. The van der Waals surface area contributed by atoms with E-state index in [0.29, 0.717) is 25.4 Å². The first-order valence-electron chi connectivity index (χ1n) is 7.65. The van der Waals surface area contributed by atoms with E-state index in [0.717, 1.165) is 15.4 Å². The van der Waals surface area contributed by atoms with Gasteiger partial charge in [-0.05, 0) is 24.6 Å². The maximum atomic E-state index is 12.3. The second-order valence-corrected chi connectivity index (χ2v) is 6.45. The van der Waals surface area contributed by atoms with Crippen LogP contribution in [0.2, 0.25) is 0 Å². The normalized spacial score (nSPS) is 16.2. The van der Waals surface area contributed by atoms with Crippen LogP contribution in [0.3, 0.4) is 0 Å². The summed E-state index contributed by atoms with van der Waals surface area (Å²) in [6.07, 6.45) is 0.901. The Morgan fingerprint density at radius 1 is 1.42 bits per heavy atom. The van der Waals surface area contributed by atoms with Gasteiger partial charge in [0.2, 0.25) is 6.29 Å². The van der Waals surface area contributed by atoms with Crippen LogP contribution < -0.4 is 0 Å². The Bertz CT molecular complexity index is 696. The van der Waals surface area contributed by atoms with Crippen molar-refractivity contribution in [3.63, 3.8) is 0 Å². The molecule has 24 heavy (non-hydrogen) atoms. The van der Waals surface area contributed by atoms with Crippen LogP contribution in [0.25, 0.3) is 0 Å². The molecule has 1 fully saturated rings. The lowest BCUT2D eigenvalue weighted by Gasteiger charge is -2.12. The van der Waals surface area contributed by atoms with Gasteiger partial charge >= 0.3 is 5.97 Å². The molecule has 2 aromatic rings. The summed E-state index contributed by atoms with van der Waals surface area (Å²) in [4.78, 5) is 17.5. The molecule has 0 spiro atoms. The molecule has 0 aliphatic carbocycles. The van der Waals surface area contributed by atoms with Crippen molar-refractivity contribution in [3.05, 3.63) is 51.5 Å². The van der Waals surface area contributed by atoms with Gasteiger partial charge in [-0.1, -0.05) is 12.1 Å². The quantitative estimate of drug-likeness (QED) is 0.746. The molecule has 7 heteroatoms. The molecule has 0 saturated carbocycles. The number of aromatic nitrogens is 1. The molecule has 1 saturated heterocycles. The molecule has 1 aliphatic heterocycles. The van der Waals surface area contributed by atoms with Crippen LogP contribution in [0.5, 0.6) is 0 Å². The zero-order valence-electron chi connectivity index (χ0n) is 13.6. The zero-order valence-corrected chi connectivity index (χ0v) is 14.4. The topological polar surface area (TPSA) is 66.9 Å². The van der Waals surface area contributed by atoms with Crippen molar-refractivity contribution in [1.82, 2.24) is 4.98 Å². The number of esters is 1. The van der Waals surface area contributed by atoms with E-state index in [9.17, 15) is 4.79 Å². The van der Waals surface area contributed by atoms with E-state index in [1.54, 1.807) is 25.4 Å². The van der Waals surface area contributed by atoms with Crippen LogP contribution in [0.4, 0.5) is 0 Å².